The maximum Gasteiger partial charge on any atom is 0.345 e. The number of para-hydroxylation sites is 1. The van der Waals surface area contributed by atoms with Gasteiger partial charge in [-0.3, -0.25) is 9.36 Å². The van der Waals surface area contributed by atoms with Crippen molar-refractivity contribution in [2.45, 2.75) is 65.3 Å². The van der Waals surface area contributed by atoms with Gasteiger partial charge in [0.2, 0.25) is 0 Å². The van der Waals surface area contributed by atoms with E-state index in [-0.39, 0.29) is 17.6 Å². The number of hydrogen-bond donors (Lipinski definition) is 1. The number of fused-ring (bicyclic) bond motifs is 1. The zero-order valence-electron chi connectivity index (χ0n) is 19.4. The van der Waals surface area contributed by atoms with Crippen LogP contribution >= 0.6 is 0 Å². The summed E-state index contributed by atoms with van der Waals surface area (Å²) in [5, 5.41) is 7.70. The Morgan fingerprint density at radius 2 is 1.88 bits per heavy atom. The van der Waals surface area contributed by atoms with Crippen molar-refractivity contribution < 1.29 is 9.53 Å². The van der Waals surface area contributed by atoms with Crippen LogP contribution in [0.3, 0.4) is 0 Å². The molecule has 7 nitrogen and oxygen atoms in total. The first-order valence-electron chi connectivity index (χ1n) is 11.7. The van der Waals surface area contributed by atoms with Gasteiger partial charge >= 0.3 is 5.69 Å². The molecule has 33 heavy (non-hydrogen) atoms. The van der Waals surface area contributed by atoms with Gasteiger partial charge < -0.3 is 10.1 Å². The summed E-state index contributed by atoms with van der Waals surface area (Å²) in [5.74, 6) is 1.75. The van der Waals surface area contributed by atoms with Gasteiger partial charge in [0.25, 0.3) is 5.91 Å². The monoisotopic (exact) mass is 448 g/mol. The number of aryl methyl sites for hydroxylation is 2. The molecule has 2 aromatic carbocycles. The number of aromatic nitrogens is 3. The summed E-state index contributed by atoms with van der Waals surface area (Å²) < 4.78 is 9.31. The quantitative estimate of drug-likeness (QED) is 0.569. The number of rotatable bonds is 8. The lowest BCUT2D eigenvalue weighted by atomic mass is 10.1. The molecule has 0 aliphatic carbocycles. The van der Waals surface area contributed by atoms with Crippen LogP contribution in [0.2, 0.25) is 0 Å². The minimum atomic E-state index is -0.155. The van der Waals surface area contributed by atoms with E-state index in [4.69, 9.17) is 4.74 Å². The number of carbonyl (C=O) groups excluding carboxylic acids is 1. The van der Waals surface area contributed by atoms with Gasteiger partial charge in [-0.15, -0.1) is 0 Å². The Bertz CT molecular complexity index is 1130. The van der Waals surface area contributed by atoms with Gasteiger partial charge in [0.15, 0.2) is 0 Å². The van der Waals surface area contributed by atoms with Crippen molar-refractivity contribution in [3.63, 3.8) is 0 Å². The number of amides is 1. The average molecular weight is 449 g/mol. The summed E-state index contributed by atoms with van der Waals surface area (Å²) in [7, 11) is 0. The molecule has 4 rings (SSSR count). The second kappa shape index (κ2) is 10.5. The lowest BCUT2D eigenvalue weighted by molar-refractivity contribution is 0.0928. The highest BCUT2D eigenvalue weighted by Gasteiger charge is 2.23. The normalized spacial score (nSPS) is 15.7. The molecule has 0 spiro atoms. The summed E-state index contributed by atoms with van der Waals surface area (Å²) in [4.78, 5) is 25.8. The summed E-state index contributed by atoms with van der Waals surface area (Å²) in [6.45, 7) is 5.90. The molecule has 0 saturated carbocycles. The number of nitrogens with zero attached hydrogens (tertiary/aromatic N) is 3. The zero-order chi connectivity index (χ0) is 23.2. The molecule has 1 N–H and O–H groups in total. The molecule has 7 heteroatoms. The van der Waals surface area contributed by atoms with Gasteiger partial charge in [0.05, 0.1) is 5.56 Å². The fraction of sp³-hybridized carbons (Fsp3) is 0.423. The third-order valence-corrected chi connectivity index (χ3v) is 6.04. The van der Waals surface area contributed by atoms with Crippen molar-refractivity contribution >= 4 is 5.91 Å². The summed E-state index contributed by atoms with van der Waals surface area (Å²) in [6, 6.07) is 17.2. The maximum absolute atomic E-state index is 13.1. The van der Waals surface area contributed by atoms with Crippen LogP contribution in [0, 0.1) is 5.92 Å². The Kier molecular flexibility index (Phi) is 7.27. The zero-order valence-corrected chi connectivity index (χ0v) is 19.4. The van der Waals surface area contributed by atoms with Crippen LogP contribution in [0.5, 0.6) is 5.75 Å². The fourth-order valence-electron chi connectivity index (χ4n) is 4.08. The van der Waals surface area contributed by atoms with E-state index in [0.717, 1.165) is 24.2 Å². The summed E-state index contributed by atoms with van der Waals surface area (Å²) in [5.41, 5.74) is 1.52. The van der Waals surface area contributed by atoms with E-state index >= 15 is 0 Å². The first-order valence-corrected chi connectivity index (χ1v) is 11.7. The molecular weight excluding hydrogens is 416 g/mol. The second-order valence-corrected chi connectivity index (χ2v) is 9.02. The molecule has 0 radical (unpaired) electrons. The molecule has 1 aromatic heterocycles. The highest BCUT2D eigenvalue weighted by atomic mass is 16.5. The van der Waals surface area contributed by atoms with Crippen LogP contribution in [-0.2, 0) is 26.1 Å². The Labute approximate surface area is 194 Å². The third kappa shape index (κ3) is 5.72. The van der Waals surface area contributed by atoms with Crippen LogP contribution < -0.4 is 15.7 Å². The van der Waals surface area contributed by atoms with Gasteiger partial charge in [-0.25, -0.2) is 9.48 Å². The lowest BCUT2D eigenvalue weighted by Crippen LogP contribution is -2.36. The number of benzene rings is 2. The average Bonchev–Trinajstić information content (AvgIpc) is 2.98. The van der Waals surface area contributed by atoms with E-state index in [0.29, 0.717) is 49.8 Å². The summed E-state index contributed by atoms with van der Waals surface area (Å²) >= 11 is 0. The molecular formula is C26H32N4O3. The highest BCUT2D eigenvalue weighted by Crippen LogP contribution is 2.21. The van der Waals surface area contributed by atoms with Crippen LogP contribution in [0.15, 0.2) is 59.4 Å². The minimum absolute atomic E-state index is 0.0232. The largest absolute Gasteiger partial charge is 0.488 e. The first kappa shape index (κ1) is 22.8. The van der Waals surface area contributed by atoms with Crippen LogP contribution in [0.1, 0.15) is 54.9 Å². The minimum Gasteiger partial charge on any atom is -0.488 e. The van der Waals surface area contributed by atoms with Gasteiger partial charge in [-0.05, 0) is 42.9 Å². The topological polar surface area (TPSA) is 78.2 Å². The van der Waals surface area contributed by atoms with Crippen molar-refractivity contribution in [2.75, 3.05) is 0 Å². The van der Waals surface area contributed by atoms with Crippen molar-refractivity contribution in [2.24, 2.45) is 5.92 Å². The van der Waals surface area contributed by atoms with E-state index in [2.05, 4.69) is 24.3 Å². The van der Waals surface area contributed by atoms with E-state index in [1.54, 1.807) is 15.3 Å². The first-order chi connectivity index (χ1) is 16.0. The molecule has 174 valence electrons. The predicted molar refractivity (Wildman–Crippen MR) is 127 cm³/mol. The number of nitrogens with one attached hydrogen (secondary N) is 1. The lowest BCUT2D eigenvalue weighted by Gasteiger charge is -2.18. The number of hydrogen-bond acceptors (Lipinski definition) is 4. The smallest absolute Gasteiger partial charge is 0.345 e. The SMILES string of the molecule is CC(C)CCn1nc2n(c1=O)CCC(NC(=O)c1ccccc1OCc1ccccc1)CC2. The van der Waals surface area contributed by atoms with Gasteiger partial charge in [-0.1, -0.05) is 56.3 Å². The standard InChI is InChI=1S/C26H32N4O3/c1-19(2)14-17-30-26(32)29-16-15-21(12-13-24(29)28-30)27-25(31)22-10-6-7-11-23(22)33-18-20-8-4-3-5-9-20/h3-11,19,21H,12-18H2,1-2H3,(H,27,31). The molecule has 1 amide bonds. The predicted octanol–water partition coefficient (Wildman–Crippen LogP) is 3.80. The number of carbonyl (C=O) groups is 1. The van der Waals surface area contributed by atoms with Gasteiger partial charge in [0, 0.05) is 25.6 Å². The van der Waals surface area contributed by atoms with E-state index < -0.39 is 0 Å². The van der Waals surface area contributed by atoms with Crippen molar-refractivity contribution in [3.8, 4) is 5.75 Å². The molecule has 0 fully saturated rings. The van der Waals surface area contributed by atoms with Gasteiger partial charge in [0.1, 0.15) is 18.2 Å². The fourth-order valence-corrected chi connectivity index (χ4v) is 4.08. The van der Waals surface area contributed by atoms with Crippen molar-refractivity contribution in [3.05, 3.63) is 82.0 Å². The maximum atomic E-state index is 13.1. The van der Waals surface area contributed by atoms with Gasteiger partial charge in [-0.2, -0.15) is 5.10 Å². The van der Waals surface area contributed by atoms with Crippen LogP contribution in [0.4, 0.5) is 0 Å². The molecule has 1 aliphatic rings. The second-order valence-electron chi connectivity index (χ2n) is 9.02. The molecule has 0 saturated heterocycles. The van der Waals surface area contributed by atoms with Crippen LogP contribution in [-0.4, -0.2) is 26.3 Å². The summed E-state index contributed by atoms with van der Waals surface area (Å²) in [6.07, 6.45) is 3.04. The molecule has 1 unspecified atom stereocenters. The molecule has 1 aliphatic heterocycles. The Morgan fingerprint density at radius 1 is 1.12 bits per heavy atom. The Balaban J connectivity index is 1.38. The van der Waals surface area contributed by atoms with E-state index in [1.807, 2.05) is 48.5 Å². The van der Waals surface area contributed by atoms with E-state index in [1.165, 1.54) is 0 Å². The molecule has 1 atom stereocenters. The van der Waals surface area contributed by atoms with E-state index in [9.17, 15) is 9.59 Å². The number of ether oxygens (including phenoxy) is 1. The molecule has 0 bridgehead atoms. The molecule has 2 heterocycles. The van der Waals surface area contributed by atoms with Crippen molar-refractivity contribution in [1.82, 2.24) is 19.7 Å². The Morgan fingerprint density at radius 3 is 2.67 bits per heavy atom. The third-order valence-electron chi connectivity index (χ3n) is 6.04. The highest BCUT2D eigenvalue weighted by molar-refractivity contribution is 5.97. The Hall–Kier alpha value is -3.35. The van der Waals surface area contributed by atoms with Crippen LogP contribution in [0.25, 0.3) is 0 Å². The van der Waals surface area contributed by atoms with Crippen molar-refractivity contribution in [1.29, 1.82) is 0 Å². The molecule has 3 aromatic rings.